The Morgan fingerprint density at radius 1 is 0.724 bits per heavy atom. The van der Waals surface area contributed by atoms with Gasteiger partial charge in [0.1, 0.15) is 4.21 Å². The van der Waals surface area contributed by atoms with Crippen molar-refractivity contribution >= 4 is 102 Å². The highest BCUT2D eigenvalue weighted by Gasteiger charge is 2.35. The highest BCUT2D eigenvalue weighted by molar-refractivity contribution is 7.88. The number of thiophene rings is 2. The number of hydrogen-bond donors (Lipinski definition) is 3. The second-order valence-electron chi connectivity index (χ2n) is 13.0. The number of carbonyl (C=O) groups excluding carboxylic acids is 2. The van der Waals surface area contributed by atoms with Crippen LogP contribution in [0, 0.1) is 0 Å². The molecule has 2 amide bonds. The van der Waals surface area contributed by atoms with Gasteiger partial charge < -0.3 is 10.6 Å². The maximum atomic E-state index is 13.5. The van der Waals surface area contributed by atoms with Crippen LogP contribution in [-0.2, 0) is 33.6 Å². The summed E-state index contributed by atoms with van der Waals surface area (Å²) in [5.41, 5.74) is 6.47. The number of rotatable bonds is 12. The maximum absolute atomic E-state index is 13.5. The van der Waals surface area contributed by atoms with Gasteiger partial charge >= 0.3 is 20.7 Å². The summed E-state index contributed by atoms with van der Waals surface area (Å²) in [6.07, 6.45) is 3.98. The molecule has 0 fully saturated rings. The molecule has 2 aliphatic carbocycles. The van der Waals surface area contributed by atoms with Crippen molar-refractivity contribution in [3.8, 4) is 32.5 Å². The van der Waals surface area contributed by atoms with E-state index in [4.69, 9.17) is 64.1 Å². The monoisotopic (exact) mass is 940 g/mol. The van der Waals surface area contributed by atoms with Crippen molar-refractivity contribution in [3.63, 3.8) is 0 Å². The van der Waals surface area contributed by atoms with Crippen molar-refractivity contribution in [1.29, 1.82) is 0 Å². The molecule has 3 N–H and O–H groups in total. The Labute approximate surface area is 360 Å². The minimum atomic E-state index is -4.41. The predicted molar refractivity (Wildman–Crippen MR) is 222 cm³/mol. The van der Waals surface area contributed by atoms with Gasteiger partial charge in [0, 0.05) is 47.1 Å². The predicted octanol–water partition coefficient (Wildman–Crippen LogP) is 7.90. The lowest BCUT2D eigenvalue weighted by atomic mass is 10.1. The largest absolute Gasteiger partial charge is 0.425 e. The SMILES string of the molecule is O=C(NCCCCCCNC(=O)c1nn(-c2ccc(Cl)cc2Cl)c2c1Cc1cc(S(=O)(=O)O)sc1-2)c1nn(-c2ccc(Cl)cc2Cl)c2c1Cc1ccsc1-2.O=S(=O)=O. The van der Waals surface area contributed by atoms with Crippen LogP contribution in [0.4, 0.5) is 0 Å². The lowest BCUT2D eigenvalue weighted by Crippen LogP contribution is -2.26. The van der Waals surface area contributed by atoms with Crippen LogP contribution in [0.3, 0.4) is 0 Å². The van der Waals surface area contributed by atoms with Crippen molar-refractivity contribution < 1.29 is 35.2 Å². The molecule has 0 radical (unpaired) electrons. The molecule has 2 aromatic carbocycles. The molecule has 58 heavy (non-hydrogen) atoms. The molecule has 22 heteroatoms. The van der Waals surface area contributed by atoms with Crippen LogP contribution < -0.4 is 10.6 Å². The average molecular weight is 943 g/mol. The molecule has 14 nitrogen and oxygen atoms in total. The summed E-state index contributed by atoms with van der Waals surface area (Å²) in [5.74, 6) is -0.610. The first-order valence-corrected chi connectivity index (χ1v) is 22.9. The van der Waals surface area contributed by atoms with E-state index in [1.807, 2.05) is 5.38 Å². The Morgan fingerprint density at radius 2 is 1.21 bits per heavy atom. The Bertz CT molecular complexity index is 2850. The zero-order chi connectivity index (χ0) is 41.5. The van der Waals surface area contributed by atoms with Crippen molar-refractivity contribution in [2.75, 3.05) is 13.1 Å². The second kappa shape index (κ2) is 17.2. The number of amides is 2. The number of hydrogen-bond acceptors (Lipinski definition) is 11. The van der Waals surface area contributed by atoms with Crippen molar-refractivity contribution in [3.05, 3.63) is 108 Å². The number of unbranched alkanes of at least 4 members (excludes halogenated alkanes) is 3. The number of fused-ring (bicyclic) bond motifs is 6. The summed E-state index contributed by atoms with van der Waals surface area (Å²) >= 11 is 27.8. The molecule has 2 aliphatic rings. The van der Waals surface area contributed by atoms with E-state index >= 15 is 0 Å². The molecule has 0 saturated heterocycles. The normalized spacial score (nSPS) is 12.3. The highest BCUT2D eigenvalue weighted by Crippen LogP contribution is 2.47. The average Bonchev–Trinajstić information content (AvgIpc) is 3.98. The smallest absolute Gasteiger partial charge is 0.351 e. The summed E-state index contributed by atoms with van der Waals surface area (Å²) in [6, 6.07) is 13.6. The van der Waals surface area contributed by atoms with E-state index in [1.165, 1.54) is 10.7 Å². The van der Waals surface area contributed by atoms with Crippen LogP contribution in [0.2, 0.25) is 20.1 Å². The van der Waals surface area contributed by atoms with Crippen LogP contribution >= 0.6 is 69.1 Å². The molecule has 4 heterocycles. The van der Waals surface area contributed by atoms with Crippen LogP contribution in [0.15, 0.2) is 58.1 Å². The third-order valence-corrected chi connectivity index (χ3v) is 13.8. The Kier molecular flexibility index (Phi) is 12.5. The van der Waals surface area contributed by atoms with Crippen LogP contribution in [0.5, 0.6) is 0 Å². The molecule has 4 aromatic heterocycles. The quantitative estimate of drug-likeness (QED) is 0.0799. The number of nitrogens with zero attached hydrogens (tertiary/aromatic N) is 4. The molecule has 0 spiro atoms. The maximum Gasteiger partial charge on any atom is 0.425 e. The first kappa shape index (κ1) is 42.0. The molecule has 0 saturated carbocycles. The van der Waals surface area contributed by atoms with Crippen molar-refractivity contribution in [2.45, 2.75) is 42.7 Å². The number of benzene rings is 2. The molecule has 0 bridgehead atoms. The van der Waals surface area contributed by atoms with Gasteiger partial charge in [-0.15, -0.1) is 35.3 Å². The van der Waals surface area contributed by atoms with E-state index in [1.54, 1.807) is 52.4 Å². The summed E-state index contributed by atoms with van der Waals surface area (Å²) in [6.45, 7) is 0.876. The number of nitrogens with one attached hydrogen (secondary N) is 2. The Morgan fingerprint density at radius 3 is 1.69 bits per heavy atom. The summed E-state index contributed by atoms with van der Waals surface area (Å²) in [7, 11) is -7.52. The molecule has 0 unspecified atom stereocenters. The van der Waals surface area contributed by atoms with Crippen molar-refractivity contribution in [2.24, 2.45) is 0 Å². The Hall–Kier alpha value is -4.11. The minimum absolute atomic E-state index is 0.186. The van der Waals surface area contributed by atoms with Gasteiger partial charge in [0.2, 0.25) is 0 Å². The van der Waals surface area contributed by atoms with E-state index < -0.39 is 20.7 Å². The molecular formula is C36H28Cl4N6O8S4. The molecular weight excluding hydrogens is 915 g/mol. The van der Waals surface area contributed by atoms with Crippen LogP contribution in [0.1, 0.15) is 68.9 Å². The van der Waals surface area contributed by atoms with Gasteiger partial charge in [-0.3, -0.25) is 14.1 Å². The lowest BCUT2D eigenvalue weighted by molar-refractivity contribution is 0.0937. The van der Waals surface area contributed by atoms with Crippen LogP contribution in [-0.4, -0.2) is 70.1 Å². The van der Waals surface area contributed by atoms with Crippen molar-refractivity contribution in [1.82, 2.24) is 30.2 Å². The van der Waals surface area contributed by atoms with Gasteiger partial charge in [-0.25, -0.2) is 9.36 Å². The van der Waals surface area contributed by atoms with E-state index in [2.05, 4.69) is 21.8 Å². The summed E-state index contributed by atoms with van der Waals surface area (Å²) in [4.78, 5) is 28.5. The van der Waals surface area contributed by atoms with Gasteiger partial charge in [0.25, 0.3) is 11.8 Å². The molecule has 302 valence electrons. The zero-order valence-electron chi connectivity index (χ0n) is 29.6. The second-order valence-corrected chi connectivity index (χ2v) is 18.7. The lowest BCUT2D eigenvalue weighted by Gasteiger charge is -2.08. The summed E-state index contributed by atoms with van der Waals surface area (Å²) < 4.78 is 61.8. The van der Waals surface area contributed by atoms with E-state index in [9.17, 15) is 22.6 Å². The third-order valence-electron chi connectivity index (χ3n) is 9.30. The number of carbonyl (C=O) groups is 2. The fourth-order valence-corrected chi connectivity index (χ4v) is 10.7. The van der Waals surface area contributed by atoms with Gasteiger partial charge in [0.05, 0.1) is 42.6 Å². The molecule has 8 rings (SSSR count). The van der Waals surface area contributed by atoms with E-state index in [0.29, 0.717) is 84.8 Å². The fourth-order valence-electron chi connectivity index (χ4n) is 6.82. The van der Waals surface area contributed by atoms with Gasteiger partial charge in [-0.2, -0.15) is 18.6 Å². The van der Waals surface area contributed by atoms with Gasteiger partial charge in [0.15, 0.2) is 11.4 Å². The van der Waals surface area contributed by atoms with Crippen LogP contribution in [0.25, 0.3) is 32.5 Å². The first-order chi connectivity index (χ1) is 27.6. The number of halogens is 4. The van der Waals surface area contributed by atoms with E-state index in [0.717, 1.165) is 52.3 Å². The minimum Gasteiger partial charge on any atom is -0.351 e. The Balaban J connectivity index is 0.00000122. The molecule has 0 atom stereocenters. The van der Waals surface area contributed by atoms with Gasteiger partial charge in [-0.05, 0) is 77.9 Å². The fraction of sp³-hybridized carbons (Fsp3) is 0.222. The zero-order valence-corrected chi connectivity index (χ0v) is 35.9. The third kappa shape index (κ3) is 8.62. The molecule has 0 aliphatic heterocycles. The summed E-state index contributed by atoms with van der Waals surface area (Å²) in [5, 5.41) is 19.0. The topological polar surface area (TPSA) is 199 Å². The number of aromatic nitrogens is 4. The highest BCUT2D eigenvalue weighted by atomic mass is 35.5. The van der Waals surface area contributed by atoms with E-state index in [-0.39, 0.29) is 28.1 Å². The molecule has 6 aromatic rings. The first-order valence-electron chi connectivity index (χ1n) is 17.3. The van der Waals surface area contributed by atoms with Gasteiger partial charge in [-0.1, -0.05) is 59.2 Å². The standard InChI is InChI=1S/C36H28Cl4N6O5S3.O3S/c37-20-5-7-26(24(39)16-20)45-31-22(13-18-9-12-52-33(18)31)29(43-45)35(47)41-10-3-1-2-4-11-42-36(48)30-23-14-19-15-28(54(49,50)51)53-34(19)32(23)46(44-30)27-8-6-21(38)17-25(27)40;1-4(2)3/h5-9,12,15-17H,1-4,10-11,13-14H2,(H,41,47)(H,42,48)(H,49,50,51);.